The van der Waals surface area contributed by atoms with Crippen molar-refractivity contribution in [2.24, 2.45) is 0 Å². The van der Waals surface area contributed by atoms with Crippen LogP contribution in [-0.4, -0.2) is 31.6 Å². The molecule has 27 heavy (non-hydrogen) atoms. The predicted molar refractivity (Wildman–Crippen MR) is 107 cm³/mol. The van der Waals surface area contributed by atoms with Gasteiger partial charge in [-0.05, 0) is 43.0 Å². The number of thiophene rings is 1. The Morgan fingerprint density at radius 1 is 1.11 bits per heavy atom. The SMILES string of the molecule is CC(=O)NCc1ccc(C(=O)NCC2(c3ccccc3C)CCOCC2)s1. The van der Waals surface area contributed by atoms with Gasteiger partial charge in [0.15, 0.2) is 0 Å². The maximum atomic E-state index is 12.7. The molecular weight excluding hydrogens is 360 g/mol. The van der Waals surface area contributed by atoms with Crippen molar-refractivity contribution in [3.63, 3.8) is 0 Å². The third kappa shape index (κ3) is 4.76. The summed E-state index contributed by atoms with van der Waals surface area (Å²) in [5, 5.41) is 5.90. The molecule has 0 unspecified atom stereocenters. The minimum absolute atomic E-state index is 0.0615. The number of hydrogen-bond donors (Lipinski definition) is 2. The molecule has 5 nitrogen and oxygen atoms in total. The number of hydrogen-bond acceptors (Lipinski definition) is 4. The highest BCUT2D eigenvalue weighted by Crippen LogP contribution is 2.36. The van der Waals surface area contributed by atoms with Crippen LogP contribution >= 0.6 is 11.3 Å². The Morgan fingerprint density at radius 2 is 1.85 bits per heavy atom. The van der Waals surface area contributed by atoms with E-state index in [1.54, 1.807) is 0 Å². The third-order valence-corrected chi connectivity index (χ3v) is 6.23. The standard InChI is InChI=1S/C21H26N2O3S/c1-15-5-3-4-6-18(15)21(9-11-26-12-10-21)14-23-20(25)19-8-7-17(27-19)13-22-16(2)24/h3-8H,9-14H2,1-2H3,(H,22,24)(H,23,25). The van der Waals surface area contributed by atoms with Crippen molar-refractivity contribution in [2.75, 3.05) is 19.8 Å². The van der Waals surface area contributed by atoms with Gasteiger partial charge in [0.25, 0.3) is 5.91 Å². The highest BCUT2D eigenvalue weighted by molar-refractivity contribution is 7.14. The van der Waals surface area contributed by atoms with Gasteiger partial charge in [-0.25, -0.2) is 0 Å². The number of rotatable bonds is 6. The van der Waals surface area contributed by atoms with Gasteiger partial charge in [0.05, 0.1) is 11.4 Å². The van der Waals surface area contributed by atoms with Gasteiger partial charge in [-0.1, -0.05) is 24.3 Å². The summed E-state index contributed by atoms with van der Waals surface area (Å²) in [6.07, 6.45) is 1.80. The average molecular weight is 387 g/mol. The lowest BCUT2D eigenvalue weighted by Gasteiger charge is -2.39. The first-order chi connectivity index (χ1) is 13.0. The molecule has 1 aliphatic rings. The quantitative estimate of drug-likeness (QED) is 0.801. The van der Waals surface area contributed by atoms with Crippen LogP contribution in [0.15, 0.2) is 36.4 Å². The zero-order chi connectivity index (χ0) is 19.3. The molecule has 1 saturated heterocycles. The van der Waals surface area contributed by atoms with E-state index in [-0.39, 0.29) is 17.2 Å². The molecular formula is C21H26N2O3S. The van der Waals surface area contributed by atoms with E-state index in [0.29, 0.717) is 31.2 Å². The molecule has 144 valence electrons. The zero-order valence-corrected chi connectivity index (χ0v) is 16.7. The number of carbonyl (C=O) groups is 2. The van der Waals surface area contributed by atoms with Crippen molar-refractivity contribution >= 4 is 23.2 Å². The Morgan fingerprint density at radius 3 is 2.56 bits per heavy atom. The Bertz CT molecular complexity index is 809. The van der Waals surface area contributed by atoms with Crippen molar-refractivity contribution < 1.29 is 14.3 Å². The van der Waals surface area contributed by atoms with Crippen molar-refractivity contribution in [1.29, 1.82) is 0 Å². The zero-order valence-electron chi connectivity index (χ0n) is 15.8. The monoisotopic (exact) mass is 386 g/mol. The summed E-state index contributed by atoms with van der Waals surface area (Å²) in [6.45, 7) is 6.09. The van der Waals surface area contributed by atoms with Crippen LogP contribution in [0.4, 0.5) is 0 Å². The van der Waals surface area contributed by atoms with Crippen LogP contribution in [-0.2, 0) is 21.5 Å². The molecule has 1 aromatic heterocycles. The van der Waals surface area contributed by atoms with Crippen molar-refractivity contribution in [3.05, 3.63) is 57.3 Å². The molecule has 1 aromatic carbocycles. The van der Waals surface area contributed by atoms with E-state index in [1.807, 2.05) is 18.2 Å². The van der Waals surface area contributed by atoms with E-state index < -0.39 is 0 Å². The first kappa shape index (κ1) is 19.6. The van der Waals surface area contributed by atoms with Gasteiger partial charge in [0, 0.05) is 37.0 Å². The van der Waals surface area contributed by atoms with Crippen LogP contribution in [0.1, 0.15) is 45.4 Å². The second kappa shape index (κ2) is 8.67. The van der Waals surface area contributed by atoms with Crippen LogP contribution < -0.4 is 10.6 Å². The van der Waals surface area contributed by atoms with Crippen LogP contribution in [0.3, 0.4) is 0 Å². The highest BCUT2D eigenvalue weighted by Gasteiger charge is 2.36. The van der Waals surface area contributed by atoms with E-state index in [4.69, 9.17) is 4.74 Å². The molecule has 6 heteroatoms. The van der Waals surface area contributed by atoms with Gasteiger partial charge >= 0.3 is 0 Å². The number of benzene rings is 1. The molecule has 0 spiro atoms. The fourth-order valence-electron chi connectivity index (χ4n) is 3.61. The van der Waals surface area contributed by atoms with E-state index in [0.717, 1.165) is 17.7 Å². The number of carbonyl (C=O) groups excluding carboxylic acids is 2. The molecule has 0 bridgehead atoms. The summed E-state index contributed by atoms with van der Waals surface area (Å²) in [5.74, 6) is -0.136. The number of aryl methyl sites for hydroxylation is 1. The maximum Gasteiger partial charge on any atom is 0.261 e. The van der Waals surface area contributed by atoms with Gasteiger partial charge in [0.1, 0.15) is 0 Å². The molecule has 3 rings (SSSR count). The summed E-state index contributed by atoms with van der Waals surface area (Å²) >= 11 is 1.42. The number of ether oxygens (including phenoxy) is 1. The lowest BCUT2D eigenvalue weighted by atomic mass is 9.72. The molecule has 0 atom stereocenters. The van der Waals surface area contributed by atoms with Crippen LogP contribution in [0.25, 0.3) is 0 Å². The van der Waals surface area contributed by atoms with Gasteiger partial charge in [-0.2, -0.15) is 0 Å². The predicted octanol–water partition coefficient (Wildman–Crippen LogP) is 3.17. The van der Waals surface area contributed by atoms with Crippen molar-refractivity contribution in [3.8, 4) is 0 Å². The van der Waals surface area contributed by atoms with Crippen LogP contribution in [0, 0.1) is 6.92 Å². The minimum Gasteiger partial charge on any atom is -0.381 e. The molecule has 2 N–H and O–H groups in total. The lowest BCUT2D eigenvalue weighted by Crippen LogP contribution is -2.44. The molecule has 1 aliphatic heterocycles. The molecule has 2 amide bonds. The molecule has 0 aliphatic carbocycles. The Hall–Kier alpha value is -2.18. The van der Waals surface area contributed by atoms with Crippen molar-refractivity contribution in [1.82, 2.24) is 10.6 Å². The largest absolute Gasteiger partial charge is 0.381 e. The van der Waals surface area contributed by atoms with E-state index in [9.17, 15) is 9.59 Å². The summed E-state index contributed by atoms with van der Waals surface area (Å²) in [7, 11) is 0. The maximum absolute atomic E-state index is 12.7. The third-order valence-electron chi connectivity index (χ3n) is 5.15. The van der Waals surface area contributed by atoms with Gasteiger partial charge in [-0.3, -0.25) is 9.59 Å². The fraction of sp³-hybridized carbons (Fsp3) is 0.429. The molecule has 1 fully saturated rings. The summed E-state index contributed by atoms with van der Waals surface area (Å²) in [4.78, 5) is 25.4. The smallest absolute Gasteiger partial charge is 0.261 e. The van der Waals surface area contributed by atoms with Gasteiger partial charge < -0.3 is 15.4 Å². The Labute approximate surface area is 164 Å². The molecule has 2 aromatic rings. The first-order valence-electron chi connectivity index (χ1n) is 9.25. The summed E-state index contributed by atoms with van der Waals surface area (Å²) < 4.78 is 5.58. The average Bonchev–Trinajstić information content (AvgIpc) is 3.15. The Balaban J connectivity index is 1.70. The lowest BCUT2D eigenvalue weighted by molar-refractivity contribution is -0.119. The number of amides is 2. The molecule has 0 radical (unpaired) electrons. The topological polar surface area (TPSA) is 67.4 Å². The van der Waals surface area contributed by atoms with Crippen molar-refractivity contribution in [2.45, 2.75) is 38.6 Å². The molecule has 0 saturated carbocycles. The van der Waals surface area contributed by atoms with Gasteiger partial charge in [-0.15, -0.1) is 11.3 Å². The minimum atomic E-state index is -0.0878. The normalized spacial score (nSPS) is 15.9. The van der Waals surface area contributed by atoms with Gasteiger partial charge in [0.2, 0.25) is 5.91 Å². The summed E-state index contributed by atoms with van der Waals surface area (Å²) in [5.41, 5.74) is 2.46. The summed E-state index contributed by atoms with van der Waals surface area (Å²) in [6, 6.07) is 12.1. The van der Waals surface area contributed by atoms with Crippen LogP contribution in [0.5, 0.6) is 0 Å². The molecule has 2 heterocycles. The highest BCUT2D eigenvalue weighted by atomic mass is 32.1. The first-order valence-corrected chi connectivity index (χ1v) is 10.1. The second-order valence-electron chi connectivity index (χ2n) is 7.07. The van der Waals surface area contributed by atoms with Crippen LogP contribution in [0.2, 0.25) is 0 Å². The fourth-order valence-corrected chi connectivity index (χ4v) is 4.48. The number of nitrogens with one attached hydrogen (secondary N) is 2. The second-order valence-corrected chi connectivity index (χ2v) is 8.23. The van der Waals surface area contributed by atoms with E-state index in [2.05, 4.69) is 35.8 Å². The van der Waals surface area contributed by atoms with E-state index in [1.165, 1.54) is 29.4 Å². The Kier molecular flexibility index (Phi) is 6.29. The van der Waals surface area contributed by atoms with E-state index >= 15 is 0 Å².